The summed E-state index contributed by atoms with van der Waals surface area (Å²) >= 11 is 0. The molecule has 0 aromatic carbocycles. The number of aliphatic hydroxyl groups is 3. The van der Waals surface area contributed by atoms with E-state index < -0.39 is 71.2 Å². The second kappa shape index (κ2) is 35.4. The highest BCUT2D eigenvalue weighted by molar-refractivity contribution is 7.85. The maximum atomic E-state index is 12.8. The van der Waals surface area contributed by atoms with Crippen molar-refractivity contribution in [3.05, 3.63) is 48.6 Å². The van der Waals surface area contributed by atoms with Gasteiger partial charge in [0.1, 0.15) is 36.8 Å². The number of hydrogen-bond donors (Lipinski definition) is 4. The largest absolute Gasteiger partial charge is 0.458 e. The topological polar surface area (TPSA) is 186 Å². The fraction of sp³-hybridized carbons (Fsp3) is 0.778. The smallest absolute Gasteiger partial charge is 0.330 e. The quantitative estimate of drug-likeness (QED) is 0.0118. The molecule has 0 aliphatic carbocycles. The molecule has 0 radical (unpaired) electrons. The minimum atomic E-state index is -4.61. The van der Waals surface area contributed by atoms with Gasteiger partial charge in [0.2, 0.25) is 0 Å². The van der Waals surface area contributed by atoms with Crippen LogP contribution in [0.4, 0.5) is 0 Å². The van der Waals surface area contributed by atoms with Gasteiger partial charge < -0.3 is 34.3 Å². The lowest BCUT2D eigenvalue weighted by Crippen LogP contribution is -2.60. The van der Waals surface area contributed by atoms with Gasteiger partial charge >= 0.3 is 11.9 Å². The summed E-state index contributed by atoms with van der Waals surface area (Å²) in [4.78, 5) is 25.2. The first-order valence-electron chi connectivity index (χ1n) is 22.2. The average molecular weight is 843 g/mol. The first-order chi connectivity index (χ1) is 28.0. The highest BCUT2D eigenvalue weighted by Crippen LogP contribution is 2.24. The van der Waals surface area contributed by atoms with Gasteiger partial charge in [-0.15, -0.1) is 0 Å². The van der Waals surface area contributed by atoms with Crippen molar-refractivity contribution in [3.63, 3.8) is 0 Å². The van der Waals surface area contributed by atoms with E-state index in [1.54, 1.807) is 12.2 Å². The van der Waals surface area contributed by atoms with Gasteiger partial charge in [0.25, 0.3) is 10.1 Å². The Hall–Kier alpha value is -2.39. The lowest BCUT2D eigenvalue weighted by atomic mass is 10.00. The van der Waals surface area contributed by atoms with Crippen LogP contribution in [0.25, 0.3) is 0 Å². The molecule has 1 aliphatic heterocycles. The van der Waals surface area contributed by atoms with Crippen LogP contribution < -0.4 is 0 Å². The van der Waals surface area contributed by atoms with Gasteiger partial charge in [-0.25, -0.2) is 4.79 Å². The number of carbonyl (C=O) groups is 2. The third-order valence-electron chi connectivity index (χ3n) is 9.98. The standard InChI is InChI=1S/C45H78O12S/c1-3-5-7-9-11-13-15-17-19-21-23-25-27-29-31-33-40(46)54-35-38(36-55-45-44(50)43(49)42(48)39(57-45)37-58(51,52)53)56-41(47)34-32-30-28-26-24-22-20-18-16-14-12-10-8-6-4-2/h12,14,18,20,27,29,31,33,38-39,42-45,48-50H,3-11,13,15-17,19,21-26,28,30,32,34-37H2,1-2H3,(H,51,52,53)/b14-12+,20-18+,29-27+,33-31+/t38-,39-,42-,43?,44?,45+/m1/s1. The number of unbranched alkanes of at least 4 members (excludes halogenated alkanes) is 19. The summed E-state index contributed by atoms with van der Waals surface area (Å²) < 4.78 is 53.8. The van der Waals surface area contributed by atoms with Gasteiger partial charge in [0, 0.05) is 12.5 Å². The molecule has 0 aromatic heterocycles. The van der Waals surface area contributed by atoms with Gasteiger partial charge in [-0.2, -0.15) is 8.42 Å². The molecule has 12 nitrogen and oxygen atoms in total. The summed E-state index contributed by atoms with van der Waals surface area (Å²) in [5.41, 5.74) is 0. The van der Waals surface area contributed by atoms with Crippen molar-refractivity contribution >= 4 is 22.1 Å². The molecule has 6 atom stereocenters. The van der Waals surface area contributed by atoms with E-state index in [1.807, 2.05) is 6.08 Å². The van der Waals surface area contributed by atoms with Crippen molar-refractivity contribution in [2.24, 2.45) is 0 Å². The third kappa shape index (κ3) is 29.8. The molecular weight excluding hydrogens is 765 g/mol. The van der Waals surface area contributed by atoms with Crippen LogP contribution in [0.3, 0.4) is 0 Å². The van der Waals surface area contributed by atoms with E-state index in [1.165, 1.54) is 89.5 Å². The molecule has 13 heteroatoms. The Bertz CT molecular complexity index is 1260. The van der Waals surface area contributed by atoms with Gasteiger partial charge in [0.15, 0.2) is 12.4 Å². The highest BCUT2D eigenvalue weighted by Gasteiger charge is 2.46. The number of aliphatic hydroxyl groups excluding tert-OH is 3. The number of ether oxygens (including phenoxy) is 4. The number of hydrogen-bond acceptors (Lipinski definition) is 11. The van der Waals surface area contributed by atoms with E-state index in [4.69, 9.17) is 18.9 Å². The molecule has 0 spiro atoms. The maximum Gasteiger partial charge on any atom is 0.330 e. The zero-order valence-electron chi connectivity index (χ0n) is 35.6. The zero-order chi connectivity index (χ0) is 42.7. The van der Waals surface area contributed by atoms with Crippen LogP contribution >= 0.6 is 0 Å². The summed E-state index contributed by atoms with van der Waals surface area (Å²) in [5, 5.41) is 30.8. The van der Waals surface area contributed by atoms with E-state index in [0.29, 0.717) is 6.42 Å². The lowest BCUT2D eigenvalue weighted by molar-refractivity contribution is -0.297. The Morgan fingerprint density at radius 1 is 0.638 bits per heavy atom. The Kier molecular flexibility index (Phi) is 32.7. The summed E-state index contributed by atoms with van der Waals surface area (Å²) in [6.45, 7) is 3.60. The van der Waals surface area contributed by atoms with Crippen LogP contribution in [0.2, 0.25) is 0 Å². The zero-order valence-corrected chi connectivity index (χ0v) is 36.5. The van der Waals surface area contributed by atoms with E-state index >= 15 is 0 Å². The Labute approximate surface area is 350 Å². The molecule has 1 saturated heterocycles. The van der Waals surface area contributed by atoms with Crippen molar-refractivity contribution in [1.29, 1.82) is 0 Å². The van der Waals surface area contributed by atoms with E-state index in [-0.39, 0.29) is 13.0 Å². The Balaban J connectivity index is 2.52. The summed E-state index contributed by atoms with van der Waals surface area (Å²) in [6, 6.07) is 0. The molecule has 4 N–H and O–H groups in total. The highest BCUT2D eigenvalue weighted by atomic mass is 32.2. The average Bonchev–Trinajstić information content (AvgIpc) is 3.18. The van der Waals surface area contributed by atoms with Gasteiger partial charge in [-0.05, 0) is 51.4 Å². The fourth-order valence-corrected chi connectivity index (χ4v) is 7.19. The van der Waals surface area contributed by atoms with E-state index in [9.17, 15) is 37.9 Å². The van der Waals surface area contributed by atoms with Gasteiger partial charge in [-0.3, -0.25) is 9.35 Å². The van der Waals surface area contributed by atoms with Crippen molar-refractivity contribution < 1.29 is 56.8 Å². The molecule has 0 aromatic rings. The van der Waals surface area contributed by atoms with E-state index in [0.717, 1.165) is 57.8 Å². The predicted molar refractivity (Wildman–Crippen MR) is 229 cm³/mol. The summed E-state index contributed by atoms with van der Waals surface area (Å²) in [5.74, 6) is -2.27. The molecule has 58 heavy (non-hydrogen) atoms. The third-order valence-corrected chi connectivity index (χ3v) is 10.7. The monoisotopic (exact) mass is 843 g/mol. The van der Waals surface area contributed by atoms with Crippen molar-refractivity contribution in [2.45, 2.75) is 205 Å². The maximum absolute atomic E-state index is 12.8. The molecule has 1 heterocycles. The predicted octanol–water partition coefficient (Wildman–Crippen LogP) is 8.78. The number of carbonyl (C=O) groups excluding carboxylic acids is 2. The van der Waals surface area contributed by atoms with Crippen molar-refractivity contribution in [2.75, 3.05) is 19.0 Å². The molecule has 1 aliphatic rings. The molecule has 0 amide bonds. The number of allylic oxidation sites excluding steroid dienone is 7. The summed E-state index contributed by atoms with van der Waals surface area (Å²) in [7, 11) is -4.61. The second-order valence-corrected chi connectivity index (χ2v) is 16.9. The molecule has 0 saturated carbocycles. The summed E-state index contributed by atoms with van der Waals surface area (Å²) in [6.07, 6.45) is 32.1. The van der Waals surface area contributed by atoms with Crippen LogP contribution in [0.5, 0.6) is 0 Å². The fourth-order valence-electron chi connectivity index (χ4n) is 6.50. The van der Waals surface area contributed by atoms with Crippen LogP contribution in [0, 0.1) is 0 Å². The Morgan fingerprint density at radius 2 is 1.16 bits per heavy atom. The SMILES string of the molecule is CCCCC/C=C/C/C=C/CCCCCCCC(=O)O[C@H](COC(=O)/C=C/C=C/CCCCCCCCCCCCC)CO[C@H]1O[C@H](CS(=O)(=O)O)[C@@H](O)C(O)C1O. The van der Waals surface area contributed by atoms with Crippen molar-refractivity contribution in [1.82, 2.24) is 0 Å². The van der Waals surface area contributed by atoms with Crippen LogP contribution in [0.15, 0.2) is 48.6 Å². The number of rotatable bonds is 36. The molecule has 336 valence electrons. The minimum absolute atomic E-state index is 0.128. The van der Waals surface area contributed by atoms with Gasteiger partial charge in [-0.1, -0.05) is 153 Å². The first kappa shape index (κ1) is 53.6. The molecule has 1 fully saturated rings. The van der Waals surface area contributed by atoms with E-state index in [2.05, 4.69) is 38.2 Å². The normalized spacial score (nSPS) is 20.8. The van der Waals surface area contributed by atoms with Crippen LogP contribution in [-0.4, -0.2) is 96.0 Å². The minimum Gasteiger partial charge on any atom is -0.458 e. The molecule has 2 unspecified atom stereocenters. The molecular formula is C45H78O12S. The lowest BCUT2D eigenvalue weighted by Gasteiger charge is -2.40. The first-order valence-corrected chi connectivity index (χ1v) is 23.8. The van der Waals surface area contributed by atoms with Gasteiger partial charge in [0.05, 0.1) is 6.61 Å². The molecule has 0 bridgehead atoms. The molecule has 1 rings (SSSR count). The number of esters is 2. The van der Waals surface area contributed by atoms with Crippen LogP contribution in [0.1, 0.15) is 168 Å². The Morgan fingerprint density at radius 3 is 1.74 bits per heavy atom. The second-order valence-electron chi connectivity index (χ2n) is 15.4. The van der Waals surface area contributed by atoms with Crippen LogP contribution in [-0.2, 0) is 38.7 Å². The van der Waals surface area contributed by atoms with Crippen molar-refractivity contribution in [3.8, 4) is 0 Å².